The van der Waals surface area contributed by atoms with Gasteiger partial charge in [0.05, 0.1) is 6.10 Å². The fraction of sp³-hybridized carbons (Fsp3) is 0.647. The van der Waals surface area contributed by atoms with E-state index in [1.165, 1.54) is 6.42 Å². The van der Waals surface area contributed by atoms with Gasteiger partial charge in [0.1, 0.15) is 13.2 Å². The first-order valence-corrected chi connectivity index (χ1v) is 7.83. The largest absolute Gasteiger partial charge is 0.486 e. The van der Waals surface area contributed by atoms with Crippen molar-refractivity contribution < 1.29 is 14.6 Å². The van der Waals surface area contributed by atoms with Gasteiger partial charge in [-0.3, -0.25) is 0 Å². The lowest BCUT2D eigenvalue weighted by Crippen LogP contribution is -2.25. The summed E-state index contributed by atoms with van der Waals surface area (Å²) in [6.07, 6.45) is 1.56. The molecule has 0 unspecified atom stereocenters. The molecule has 3 rings (SSSR count). The molecule has 2 aliphatic heterocycles. The molecule has 116 valence electrons. The highest BCUT2D eigenvalue weighted by Crippen LogP contribution is 2.34. The predicted molar refractivity (Wildman–Crippen MR) is 81.8 cm³/mol. The van der Waals surface area contributed by atoms with Crippen molar-refractivity contribution >= 4 is 0 Å². The van der Waals surface area contributed by atoms with E-state index in [1.807, 2.05) is 18.2 Å². The Morgan fingerprint density at radius 3 is 2.71 bits per heavy atom. The highest BCUT2D eigenvalue weighted by atomic mass is 16.6. The molecule has 1 atom stereocenters. The summed E-state index contributed by atoms with van der Waals surface area (Å²) in [5, 5.41) is 10.4. The molecule has 1 saturated heterocycles. The fourth-order valence-electron chi connectivity index (χ4n) is 3.15. The van der Waals surface area contributed by atoms with Crippen LogP contribution >= 0.6 is 0 Å². The van der Waals surface area contributed by atoms with Crippen LogP contribution in [0.4, 0.5) is 0 Å². The second-order valence-corrected chi connectivity index (χ2v) is 6.90. The van der Waals surface area contributed by atoms with Gasteiger partial charge in [-0.25, -0.2) is 0 Å². The minimum absolute atomic E-state index is 0.419. The van der Waals surface area contributed by atoms with E-state index in [1.54, 1.807) is 0 Å². The van der Waals surface area contributed by atoms with E-state index in [-0.39, 0.29) is 0 Å². The van der Waals surface area contributed by atoms with Gasteiger partial charge in [0.2, 0.25) is 0 Å². The summed E-state index contributed by atoms with van der Waals surface area (Å²) < 4.78 is 11.1. The first-order chi connectivity index (χ1) is 10.0. The van der Waals surface area contributed by atoms with E-state index in [0.717, 1.165) is 43.1 Å². The molecule has 4 nitrogen and oxygen atoms in total. The van der Waals surface area contributed by atoms with Crippen LogP contribution in [0.3, 0.4) is 0 Å². The summed E-state index contributed by atoms with van der Waals surface area (Å²) in [7, 11) is 0. The number of aliphatic hydroxyl groups excluding tert-OH is 1. The standard InChI is InChI=1S/C17H25NO3/c1-17(2)6-8-18(12-17)7-5-14(19)13-3-4-15-16(11-13)21-10-9-20-15/h3-4,11,14,19H,5-10,12H2,1-2H3/t14-/m0/s1. The number of ether oxygens (including phenoxy) is 2. The molecule has 0 aliphatic carbocycles. The normalized spacial score (nSPS) is 22.2. The van der Waals surface area contributed by atoms with Gasteiger partial charge in [0.15, 0.2) is 11.5 Å². The van der Waals surface area contributed by atoms with Gasteiger partial charge in [-0.2, -0.15) is 0 Å². The number of nitrogens with zero attached hydrogens (tertiary/aromatic N) is 1. The predicted octanol–water partition coefficient (Wildman–Crippen LogP) is 2.61. The Hall–Kier alpha value is -1.26. The summed E-state index contributed by atoms with van der Waals surface area (Å²) in [4.78, 5) is 2.45. The highest BCUT2D eigenvalue weighted by molar-refractivity contribution is 5.44. The van der Waals surface area contributed by atoms with E-state index in [0.29, 0.717) is 18.6 Å². The number of rotatable bonds is 4. The molecule has 1 aromatic carbocycles. The smallest absolute Gasteiger partial charge is 0.161 e. The maximum atomic E-state index is 10.4. The Labute approximate surface area is 126 Å². The van der Waals surface area contributed by atoms with Crippen LogP contribution in [0.2, 0.25) is 0 Å². The summed E-state index contributed by atoms with van der Waals surface area (Å²) in [5.74, 6) is 1.53. The number of hydrogen-bond acceptors (Lipinski definition) is 4. The third-order valence-electron chi connectivity index (χ3n) is 4.43. The first kappa shape index (κ1) is 14.7. The number of hydrogen-bond donors (Lipinski definition) is 1. The van der Waals surface area contributed by atoms with Crippen molar-refractivity contribution in [3.8, 4) is 11.5 Å². The van der Waals surface area contributed by atoms with E-state index in [9.17, 15) is 5.11 Å². The lowest BCUT2D eigenvalue weighted by molar-refractivity contribution is 0.143. The second-order valence-electron chi connectivity index (χ2n) is 6.90. The van der Waals surface area contributed by atoms with Crippen molar-refractivity contribution in [1.29, 1.82) is 0 Å². The lowest BCUT2D eigenvalue weighted by atomic mass is 9.93. The number of aliphatic hydroxyl groups is 1. The van der Waals surface area contributed by atoms with Crippen molar-refractivity contribution in [3.63, 3.8) is 0 Å². The summed E-state index contributed by atoms with van der Waals surface area (Å²) in [5.41, 5.74) is 1.33. The Kier molecular flexibility index (Phi) is 4.09. The molecule has 0 radical (unpaired) electrons. The Bertz CT molecular complexity index is 501. The topological polar surface area (TPSA) is 41.9 Å². The maximum Gasteiger partial charge on any atom is 0.161 e. The first-order valence-electron chi connectivity index (χ1n) is 7.83. The van der Waals surface area contributed by atoms with Crippen molar-refractivity contribution in [2.75, 3.05) is 32.8 Å². The quantitative estimate of drug-likeness (QED) is 0.926. The van der Waals surface area contributed by atoms with Gasteiger partial charge in [-0.05, 0) is 42.5 Å². The summed E-state index contributed by atoms with van der Waals surface area (Å²) in [6, 6.07) is 5.74. The van der Waals surface area contributed by atoms with Crippen LogP contribution in [-0.2, 0) is 0 Å². The van der Waals surface area contributed by atoms with Crippen LogP contribution in [0.25, 0.3) is 0 Å². The van der Waals surface area contributed by atoms with Crippen LogP contribution < -0.4 is 9.47 Å². The van der Waals surface area contributed by atoms with Crippen molar-refractivity contribution in [1.82, 2.24) is 4.90 Å². The molecule has 1 aromatic rings. The molecular formula is C17H25NO3. The average Bonchev–Trinajstić information content (AvgIpc) is 2.83. The second kappa shape index (κ2) is 5.85. The third kappa shape index (κ3) is 3.50. The summed E-state index contributed by atoms with van der Waals surface area (Å²) in [6.45, 7) is 9.00. The SMILES string of the molecule is CC1(C)CCN(CC[C@H](O)c2ccc3c(c2)OCCO3)C1. The van der Waals surface area contributed by atoms with Gasteiger partial charge in [0, 0.05) is 13.1 Å². The molecule has 4 heteroatoms. The molecule has 0 aromatic heterocycles. The number of likely N-dealkylation sites (tertiary alicyclic amines) is 1. The monoisotopic (exact) mass is 291 g/mol. The zero-order chi connectivity index (χ0) is 14.9. The van der Waals surface area contributed by atoms with Crippen molar-refractivity contribution in [3.05, 3.63) is 23.8 Å². The maximum absolute atomic E-state index is 10.4. The Morgan fingerprint density at radius 2 is 2.00 bits per heavy atom. The van der Waals surface area contributed by atoms with Crippen LogP contribution in [0.15, 0.2) is 18.2 Å². The van der Waals surface area contributed by atoms with Crippen molar-refractivity contribution in [2.24, 2.45) is 5.41 Å². The zero-order valence-corrected chi connectivity index (χ0v) is 13.0. The molecule has 0 amide bonds. The van der Waals surface area contributed by atoms with Gasteiger partial charge < -0.3 is 19.5 Å². The molecule has 1 N–H and O–H groups in total. The Morgan fingerprint density at radius 1 is 1.24 bits per heavy atom. The van der Waals surface area contributed by atoms with Crippen LogP contribution in [-0.4, -0.2) is 42.9 Å². The third-order valence-corrected chi connectivity index (χ3v) is 4.43. The fourth-order valence-corrected chi connectivity index (χ4v) is 3.15. The van der Waals surface area contributed by atoms with Gasteiger partial charge in [-0.1, -0.05) is 19.9 Å². The minimum Gasteiger partial charge on any atom is -0.486 e. The number of benzene rings is 1. The molecule has 2 aliphatic rings. The molecule has 1 fully saturated rings. The molecular weight excluding hydrogens is 266 g/mol. The van der Waals surface area contributed by atoms with Gasteiger partial charge in [-0.15, -0.1) is 0 Å². The van der Waals surface area contributed by atoms with Crippen molar-refractivity contribution in [2.45, 2.75) is 32.8 Å². The van der Waals surface area contributed by atoms with E-state index < -0.39 is 6.10 Å². The highest BCUT2D eigenvalue weighted by Gasteiger charge is 2.29. The minimum atomic E-state index is -0.440. The average molecular weight is 291 g/mol. The zero-order valence-electron chi connectivity index (χ0n) is 13.0. The molecule has 21 heavy (non-hydrogen) atoms. The molecule has 2 heterocycles. The van der Waals surface area contributed by atoms with E-state index in [4.69, 9.17) is 9.47 Å². The Balaban J connectivity index is 1.57. The number of fused-ring (bicyclic) bond motifs is 1. The summed E-state index contributed by atoms with van der Waals surface area (Å²) >= 11 is 0. The molecule has 0 saturated carbocycles. The van der Waals surface area contributed by atoms with Gasteiger partial charge >= 0.3 is 0 Å². The molecule has 0 bridgehead atoms. The lowest BCUT2D eigenvalue weighted by Gasteiger charge is -2.22. The van der Waals surface area contributed by atoms with E-state index in [2.05, 4.69) is 18.7 Å². The van der Waals surface area contributed by atoms with Crippen LogP contribution in [0, 0.1) is 5.41 Å². The molecule has 0 spiro atoms. The van der Waals surface area contributed by atoms with Gasteiger partial charge in [0.25, 0.3) is 0 Å². The van der Waals surface area contributed by atoms with E-state index >= 15 is 0 Å². The van der Waals surface area contributed by atoms with Crippen LogP contribution in [0.1, 0.15) is 38.4 Å². The van der Waals surface area contributed by atoms with Crippen LogP contribution in [0.5, 0.6) is 11.5 Å².